The van der Waals surface area contributed by atoms with Gasteiger partial charge in [-0.05, 0) is 35.9 Å². The van der Waals surface area contributed by atoms with Crippen LogP contribution in [0.2, 0.25) is 0 Å². The summed E-state index contributed by atoms with van der Waals surface area (Å²) in [4.78, 5) is 18.5. The largest absolute Gasteiger partial charge is 0.497 e. The molecule has 4 rings (SSSR count). The first-order valence-corrected chi connectivity index (χ1v) is 9.29. The first-order chi connectivity index (χ1) is 13.1. The maximum Gasteiger partial charge on any atom is 0.323 e. The number of aromatic nitrogens is 1. The highest BCUT2D eigenvalue weighted by molar-refractivity contribution is 7.22. The number of hydrogen-bond acceptors (Lipinski definition) is 6. The summed E-state index contributed by atoms with van der Waals surface area (Å²) in [7, 11) is 3.36. The Hall–Kier alpha value is -3.00. The Labute approximate surface area is 160 Å². The lowest BCUT2D eigenvalue weighted by Gasteiger charge is -2.21. The molecule has 2 amide bonds. The zero-order chi connectivity index (χ0) is 18.8. The molecule has 2 aromatic carbocycles. The molecular weight excluding hydrogens is 366 g/mol. The molecule has 1 aromatic heterocycles. The van der Waals surface area contributed by atoms with Gasteiger partial charge in [0.25, 0.3) is 0 Å². The Morgan fingerprint density at radius 2 is 2.04 bits per heavy atom. The molecule has 0 spiro atoms. The second kappa shape index (κ2) is 7.32. The third-order valence-electron chi connectivity index (χ3n) is 4.18. The summed E-state index contributed by atoms with van der Waals surface area (Å²) in [6.07, 6.45) is 0. The number of benzene rings is 2. The van der Waals surface area contributed by atoms with Crippen LogP contribution >= 0.6 is 11.3 Å². The summed E-state index contributed by atoms with van der Waals surface area (Å²) in [5.74, 6) is 2.22. The van der Waals surface area contributed by atoms with Crippen molar-refractivity contribution in [1.82, 2.24) is 9.88 Å². The number of amides is 2. The highest BCUT2D eigenvalue weighted by atomic mass is 32.1. The van der Waals surface area contributed by atoms with Gasteiger partial charge in [0, 0.05) is 13.6 Å². The molecule has 0 bridgehead atoms. The highest BCUT2D eigenvalue weighted by Gasteiger charge is 2.16. The lowest BCUT2D eigenvalue weighted by Crippen LogP contribution is -2.30. The van der Waals surface area contributed by atoms with E-state index in [1.807, 2.05) is 36.4 Å². The average molecular weight is 385 g/mol. The molecule has 0 radical (unpaired) electrons. The molecule has 1 aliphatic rings. The lowest BCUT2D eigenvalue weighted by atomic mass is 10.2. The van der Waals surface area contributed by atoms with E-state index in [9.17, 15) is 4.79 Å². The predicted molar refractivity (Wildman–Crippen MR) is 104 cm³/mol. The maximum atomic E-state index is 12.5. The van der Waals surface area contributed by atoms with Crippen LogP contribution < -0.4 is 19.5 Å². The highest BCUT2D eigenvalue weighted by Crippen LogP contribution is 2.31. The molecule has 0 saturated heterocycles. The van der Waals surface area contributed by atoms with Crippen LogP contribution in [0, 0.1) is 0 Å². The number of urea groups is 1. The van der Waals surface area contributed by atoms with Gasteiger partial charge in [-0.25, -0.2) is 9.78 Å². The van der Waals surface area contributed by atoms with Gasteiger partial charge in [0.05, 0.1) is 17.3 Å². The van der Waals surface area contributed by atoms with Crippen molar-refractivity contribution < 1.29 is 19.0 Å². The molecule has 0 saturated carbocycles. The number of thiazole rings is 1. The van der Waals surface area contributed by atoms with Crippen LogP contribution in [-0.4, -0.2) is 43.3 Å². The molecule has 1 N–H and O–H groups in total. The Kier molecular flexibility index (Phi) is 4.72. The van der Waals surface area contributed by atoms with E-state index in [0.29, 0.717) is 30.6 Å². The average Bonchev–Trinajstić information content (AvgIpc) is 3.09. The molecule has 1 aliphatic heterocycles. The van der Waals surface area contributed by atoms with Gasteiger partial charge in [0.1, 0.15) is 19.0 Å². The fourth-order valence-corrected chi connectivity index (χ4v) is 3.69. The minimum Gasteiger partial charge on any atom is -0.497 e. The summed E-state index contributed by atoms with van der Waals surface area (Å²) in [6.45, 7) is 1.54. The Morgan fingerprint density at radius 1 is 1.22 bits per heavy atom. The molecular formula is C19H19N3O4S. The number of hydrogen-bond donors (Lipinski definition) is 1. The maximum absolute atomic E-state index is 12.5. The minimum absolute atomic E-state index is 0.226. The first kappa shape index (κ1) is 17.4. The van der Waals surface area contributed by atoms with Gasteiger partial charge in [0.15, 0.2) is 16.6 Å². The van der Waals surface area contributed by atoms with Crippen molar-refractivity contribution in [2.24, 2.45) is 0 Å². The van der Waals surface area contributed by atoms with Crippen molar-refractivity contribution in [3.05, 3.63) is 42.0 Å². The van der Waals surface area contributed by atoms with Crippen molar-refractivity contribution in [2.75, 3.05) is 32.7 Å². The number of anilines is 1. The molecule has 0 fully saturated rings. The van der Waals surface area contributed by atoms with Crippen LogP contribution in [0.15, 0.2) is 36.4 Å². The molecule has 3 aromatic rings. The zero-order valence-corrected chi connectivity index (χ0v) is 15.8. The number of carbonyl (C=O) groups excluding carboxylic acids is 1. The number of ether oxygens (including phenoxy) is 3. The van der Waals surface area contributed by atoms with Gasteiger partial charge in [-0.3, -0.25) is 5.32 Å². The second-order valence-electron chi connectivity index (χ2n) is 6.12. The zero-order valence-electron chi connectivity index (χ0n) is 15.0. The van der Waals surface area contributed by atoms with Crippen molar-refractivity contribution in [3.63, 3.8) is 0 Å². The molecule has 0 aliphatic carbocycles. The molecule has 0 atom stereocenters. The van der Waals surface area contributed by atoms with Gasteiger partial charge in [-0.1, -0.05) is 17.4 Å². The number of carbonyl (C=O) groups is 1. The number of rotatable bonds is 4. The Morgan fingerprint density at radius 3 is 2.85 bits per heavy atom. The normalized spacial score (nSPS) is 12.7. The van der Waals surface area contributed by atoms with Crippen LogP contribution in [0.5, 0.6) is 17.2 Å². The second-order valence-corrected chi connectivity index (χ2v) is 7.15. The minimum atomic E-state index is -0.226. The molecule has 27 heavy (non-hydrogen) atoms. The van der Waals surface area contributed by atoms with Gasteiger partial charge in [0.2, 0.25) is 0 Å². The van der Waals surface area contributed by atoms with Gasteiger partial charge >= 0.3 is 6.03 Å². The third-order valence-corrected chi connectivity index (χ3v) is 5.12. The van der Waals surface area contributed by atoms with E-state index in [1.54, 1.807) is 19.1 Å². The molecule has 2 heterocycles. The van der Waals surface area contributed by atoms with E-state index in [1.165, 1.54) is 11.3 Å². The Bertz CT molecular complexity index is 988. The Balaban J connectivity index is 1.43. The topological polar surface area (TPSA) is 72.9 Å². The monoisotopic (exact) mass is 385 g/mol. The van der Waals surface area contributed by atoms with Crippen LogP contribution in [0.25, 0.3) is 10.2 Å². The molecule has 0 unspecified atom stereocenters. The predicted octanol–water partition coefficient (Wildman–Crippen LogP) is 3.74. The van der Waals surface area contributed by atoms with Crippen LogP contribution in [0.1, 0.15) is 5.56 Å². The lowest BCUT2D eigenvalue weighted by molar-refractivity contribution is 0.171. The van der Waals surface area contributed by atoms with Crippen molar-refractivity contribution >= 4 is 32.7 Å². The summed E-state index contributed by atoms with van der Waals surface area (Å²) in [6, 6.07) is 11.1. The van der Waals surface area contributed by atoms with Crippen molar-refractivity contribution in [2.45, 2.75) is 6.54 Å². The van der Waals surface area contributed by atoms with Crippen LogP contribution in [-0.2, 0) is 6.54 Å². The summed E-state index contributed by atoms with van der Waals surface area (Å²) >= 11 is 1.41. The van der Waals surface area contributed by atoms with E-state index in [2.05, 4.69) is 10.3 Å². The first-order valence-electron chi connectivity index (χ1n) is 8.47. The van der Waals surface area contributed by atoms with E-state index in [4.69, 9.17) is 14.2 Å². The number of nitrogens with zero attached hydrogens (tertiary/aromatic N) is 2. The van der Waals surface area contributed by atoms with E-state index in [0.717, 1.165) is 27.3 Å². The summed E-state index contributed by atoms with van der Waals surface area (Å²) < 4.78 is 17.3. The smallest absolute Gasteiger partial charge is 0.323 e. The fraction of sp³-hybridized carbons (Fsp3) is 0.263. The van der Waals surface area contributed by atoms with Crippen LogP contribution in [0.4, 0.5) is 9.93 Å². The molecule has 8 heteroatoms. The van der Waals surface area contributed by atoms with Crippen LogP contribution in [0.3, 0.4) is 0 Å². The van der Waals surface area contributed by atoms with Crippen molar-refractivity contribution in [1.29, 1.82) is 0 Å². The van der Waals surface area contributed by atoms with E-state index >= 15 is 0 Å². The van der Waals surface area contributed by atoms with Crippen molar-refractivity contribution in [3.8, 4) is 17.2 Å². The summed E-state index contributed by atoms with van der Waals surface area (Å²) in [5.41, 5.74) is 1.79. The standard InChI is InChI=1S/C19H19N3O4S/c1-22(11-12-3-6-15-16(9-12)26-8-7-25-15)19(23)21-18-20-14-5-4-13(24-2)10-17(14)27-18/h3-6,9-10H,7-8,11H2,1-2H3,(H,20,21,23). The quantitative estimate of drug-likeness (QED) is 0.741. The van der Waals surface area contributed by atoms with Gasteiger partial charge in [-0.2, -0.15) is 0 Å². The SMILES string of the molecule is COc1ccc2nc(NC(=O)N(C)Cc3ccc4c(c3)OCCO4)sc2c1. The van der Waals surface area contributed by atoms with E-state index < -0.39 is 0 Å². The van der Waals surface area contributed by atoms with Gasteiger partial charge < -0.3 is 19.1 Å². The number of fused-ring (bicyclic) bond motifs is 2. The number of nitrogens with one attached hydrogen (secondary N) is 1. The molecule has 140 valence electrons. The van der Waals surface area contributed by atoms with E-state index in [-0.39, 0.29) is 6.03 Å². The third kappa shape index (κ3) is 3.75. The van der Waals surface area contributed by atoms with Gasteiger partial charge in [-0.15, -0.1) is 0 Å². The molecule has 7 nitrogen and oxygen atoms in total. The summed E-state index contributed by atoms with van der Waals surface area (Å²) in [5, 5.41) is 3.40. The number of methoxy groups -OCH3 is 1. The fourth-order valence-electron chi connectivity index (χ4n) is 2.80.